The van der Waals surface area contributed by atoms with E-state index in [1.807, 2.05) is 23.6 Å². The summed E-state index contributed by atoms with van der Waals surface area (Å²) in [6, 6.07) is 9.74. The van der Waals surface area contributed by atoms with Crippen molar-refractivity contribution >= 4 is 35.2 Å². The van der Waals surface area contributed by atoms with Gasteiger partial charge in [0.05, 0.1) is 38.8 Å². The highest BCUT2D eigenvalue weighted by atomic mass is 32.1. The number of carbonyl (C=O) groups excluding carboxylic acids is 4. The van der Waals surface area contributed by atoms with E-state index in [0.29, 0.717) is 5.56 Å². The number of ketones is 1. The van der Waals surface area contributed by atoms with Crippen molar-refractivity contribution in [2.75, 3.05) is 20.8 Å². The van der Waals surface area contributed by atoms with Crippen molar-refractivity contribution in [1.29, 1.82) is 0 Å². The van der Waals surface area contributed by atoms with Gasteiger partial charge in [0.25, 0.3) is 5.91 Å². The van der Waals surface area contributed by atoms with Gasteiger partial charge in [-0.2, -0.15) is 0 Å². The van der Waals surface area contributed by atoms with E-state index in [0.717, 1.165) is 4.88 Å². The lowest BCUT2D eigenvalue weighted by molar-refractivity contribution is -0.133. The Kier molecular flexibility index (Phi) is 13.9. The molecule has 1 heterocycles. The third kappa shape index (κ3) is 10.1. The fourth-order valence-corrected chi connectivity index (χ4v) is 5.19. The minimum atomic E-state index is -1.38. The summed E-state index contributed by atoms with van der Waals surface area (Å²) in [5, 5.41) is 20.1. The highest BCUT2D eigenvalue weighted by Crippen LogP contribution is 2.27. The maximum absolute atomic E-state index is 14.0. The first-order valence-corrected chi connectivity index (χ1v) is 14.6. The van der Waals surface area contributed by atoms with Crippen LogP contribution in [-0.2, 0) is 25.6 Å². The smallest absolute Gasteiger partial charge is 0.407 e. The molecule has 1 aromatic carbocycles. The molecule has 6 N–H and O–H groups in total. The summed E-state index contributed by atoms with van der Waals surface area (Å²) in [7, 11) is 2.40. The molecule has 2 aromatic rings. The molecular formula is C29H43N5O7S. The summed E-state index contributed by atoms with van der Waals surface area (Å²) in [6.45, 7) is 7.09. The van der Waals surface area contributed by atoms with Crippen molar-refractivity contribution in [2.24, 2.45) is 23.5 Å². The molecular weight excluding hydrogens is 562 g/mol. The Morgan fingerprint density at radius 1 is 0.905 bits per heavy atom. The van der Waals surface area contributed by atoms with Gasteiger partial charge in [-0.15, -0.1) is 11.3 Å². The number of nitrogens with one attached hydrogen (secondary N) is 3. The van der Waals surface area contributed by atoms with Crippen LogP contribution in [0.25, 0.3) is 0 Å². The fourth-order valence-electron chi connectivity index (χ4n) is 4.47. The summed E-state index contributed by atoms with van der Waals surface area (Å²) in [5.41, 5.74) is 10.0. The van der Waals surface area contributed by atoms with E-state index in [1.54, 1.807) is 52.0 Å². The highest BCUT2D eigenvalue weighted by molar-refractivity contribution is 7.09. The van der Waals surface area contributed by atoms with Gasteiger partial charge in [0.15, 0.2) is 5.78 Å². The molecule has 0 radical (unpaired) electrons. The number of carbonyl (C=O) groups is 4. The number of benzene rings is 1. The number of thiophene rings is 1. The van der Waals surface area contributed by atoms with E-state index in [9.17, 15) is 24.3 Å². The average molecular weight is 606 g/mol. The van der Waals surface area contributed by atoms with Gasteiger partial charge in [-0.05, 0) is 28.8 Å². The van der Waals surface area contributed by atoms with E-state index in [1.165, 1.54) is 30.6 Å². The van der Waals surface area contributed by atoms with E-state index in [-0.39, 0.29) is 24.9 Å². The molecule has 0 aliphatic carbocycles. The molecule has 232 valence electrons. The topological polar surface area (TPSA) is 172 Å². The molecule has 0 spiro atoms. The van der Waals surface area contributed by atoms with E-state index in [4.69, 9.17) is 10.5 Å². The number of hydrogen-bond acceptors (Lipinski definition) is 10. The van der Waals surface area contributed by atoms with Crippen LogP contribution >= 0.6 is 11.3 Å². The molecule has 2 rings (SSSR count). The van der Waals surface area contributed by atoms with Gasteiger partial charge in [-0.25, -0.2) is 14.6 Å². The van der Waals surface area contributed by atoms with Gasteiger partial charge in [0.1, 0.15) is 6.04 Å². The molecule has 0 bridgehead atoms. The van der Waals surface area contributed by atoms with Crippen molar-refractivity contribution in [1.82, 2.24) is 21.1 Å². The van der Waals surface area contributed by atoms with Gasteiger partial charge < -0.3 is 30.9 Å². The Morgan fingerprint density at radius 3 is 1.98 bits per heavy atom. The summed E-state index contributed by atoms with van der Waals surface area (Å²) in [5.74, 6) is -2.80. The van der Waals surface area contributed by atoms with Crippen LogP contribution in [0.3, 0.4) is 0 Å². The second kappa shape index (κ2) is 16.8. The lowest BCUT2D eigenvalue weighted by atomic mass is 9.80. The van der Waals surface area contributed by atoms with Gasteiger partial charge in [-0.3, -0.25) is 15.0 Å². The first-order chi connectivity index (χ1) is 19.9. The largest absolute Gasteiger partial charge is 0.453 e. The number of amides is 3. The van der Waals surface area contributed by atoms with Crippen molar-refractivity contribution < 1.29 is 33.8 Å². The number of hydrazine groups is 1. The predicted octanol–water partition coefficient (Wildman–Crippen LogP) is 2.59. The number of aliphatic hydroxyl groups excluding tert-OH is 1. The maximum atomic E-state index is 14.0. The highest BCUT2D eigenvalue weighted by Gasteiger charge is 2.40. The molecule has 13 heteroatoms. The van der Waals surface area contributed by atoms with Crippen LogP contribution in [0.1, 0.15) is 44.2 Å². The number of alkyl carbamates (subject to hydrolysis) is 2. The van der Waals surface area contributed by atoms with E-state index in [2.05, 4.69) is 20.8 Å². The predicted molar refractivity (Wildman–Crippen MR) is 159 cm³/mol. The van der Waals surface area contributed by atoms with Crippen molar-refractivity contribution in [2.45, 2.75) is 58.5 Å². The first kappa shape index (κ1) is 34.7. The molecule has 42 heavy (non-hydrogen) atoms. The Bertz CT molecular complexity index is 1150. The normalized spacial score (nSPS) is 14.9. The molecule has 0 saturated carbocycles. The third-order valence-electron chi connectivity index (χ3n) is 6.76. The van der Waals surface area contributed by atoms with Gasteiger partial charge in [0, 0.05) is 17.5 Å². The lowest BCUT2D eigenvalue weighted by Gasteiger charge is -2.35. The Balaban J connectivity index is 2.43. The molecule has 1 aromatic heterocycles. The number of Topliss-reactive ketones (excluding diaryl/α,β-unsaturated/α-hetero) is 1. The zero-order valence-corrected chi connectivity index (χ0v) is 25.7. The van der Waals surface area contributed by atoms with Gasteiger partial charge >= 0.3 is 12.2 Å². The minimum absolute atomic E-state index is 0.188. The molecule has 1 unspecified atom stereocenters. The number of rotatable bonds is 15. The van der Waals surface area contributed by atoms with Crippen LogP contribution in [-0.4, -0.2) is 72.9 Å². The average Bonchev–Trinajstić information content (AvgIpc) is 3.47. The Morgan fingerprint density at radius 2 is 1.48 bits per heavy atom. The van der Waals surface area contributed by atoms with Crippen LogP contribution < -0.4 is 21.8 Å². The molecule has 3 amide bonds. The van der Waals surface area contributed by atoms with Crippen LogP contribution in [0.2, 0.25) is 0 Å². The number of hydrogen-bond donors (Lipinski definition) is 5. The second-order valence-electron chi connectivity index (χ2n) is 10.6. The quantitative estimate of drug-likeness (QED) is 0.191. The molecule has 0 fully saturated rings. The number of methoxy groups -OCH3 is 2. The molecule has 12 nitrogen and oxygen atoms in total. The van der Waals surface area contributed by atoms with E-state index < -0.39 is 54.0 Å². The standard InChI is InChI=1S/C29H43N5O7S/c1-17(2)24(31-28(38)40-5)26(36)22(23(30)19-11-8-7-9-12-19)21(35)16-34(15-20-13-10-14-42-20)33-27(37)25(18(3)4)32-29(39)41-6/h7-14,17-18,21-25,35H,15-16,30H2,1-6H3,(H,31,38)(H,32,39)(H,33,37)/t21-,22-,23?,24+,25+/m1/s1. The molecule has 0 aliphatic heterocycles. The maximum Gasteiger partial charge on any atom is 0.407 e. The second-order valence-corrected chi connectivity index (χ2v) is 11.6. The first-order valence-electron chi connectivity index (χ1n) is 13.7. The van der Waals surface area contributed by atoms with Crippen molar-refractivity contribution in [3.05, 3.63) is 58.3 Å². The zero-order chi connectivity index (χ0) is 31.4. The van der Waals surface area contributed by atoms with Crippen LogP contribution in [0.15, 0.2) is 47.8 Å². The fraction of sp³-hybridized carbons (Fsp3) is 0.517. The molecule has 5 atom stereocenters. The summed E-state index contributed by atoms with van der Waals surface area (Å²) in [6.07, 6.45) is -2.92. The van der Waals surface area contributed by atoms with Gasteiger partial charge in [-0.1, -0.05) is 64.1 Å². The van der Waals surface area contributed by atoms with E-state index >= 15 is 0 Å². The number of nitrogens with zero attached hydrogens (tertiary/aromatic N) is 1. The monoisotopic (exact) mass is 605 g/mol. The van der Waals surface area contributed by atoms with Crippen LogP contribution in [0, 0.1) is 17.8 Å². The summed E-state index contributed by atoms with van der Waals surface area (Å²) in [4.78, 5) is 52.2. The number of aliphatic hydroxyl groups is 1. The SMILES string of the molecule is COC(=O)N[C@H](C(=O)NN(Cc1cccs1)C[C@@H](O)[C@@H](C(=O)[C@@H](NC(=O)OC)C(C)C)C(N)c1ccccc1)C(C)C. The molecule has 0 saturated heterocycles. The zero-order valence-electron chi connectivity index (χ0n) is 24.9. The lowest BCUT2D eigenvalue weighted by Crippen LogP contribution is -2.57. The summed E-state index contributed by atoms with van der Waals surface area (Å²) >= 11 is 1.45. The minimum Gasteiger partial charge on any atom is -0.453 e. The third-order valence-corrected chi connectivity index (χ3v) is 7.62. The van der Waals surface area contributed by atoms with Crippen molar-refractivity contribution in [3.8, 4) is 0 Å². The Labute approximate surface area is 250 Å². The van der Waals surface area contributed by atoms with Gasteiger partial charge in [0.2, 0.25) is 0 Å². The Hall–Kier alpha value is -3.52. The van der Waals surface area contributed by atoms with Crippen LogP contribution in [0.4, 0.5) is 9.59 Å². The molecule has 0 aliphatic rings. The van der Waals surface area contributed by atoms with Crippen molar-refractivity contribution in [3.63, 3.8) is 0 Å². The number of ether oxygens (including phenoxy) is 2. The summed E-state index contributed by atoms with van der Waals surface area (Å²) < 4.78 is 9.39. The number of nitrogens with two attached hydrogens (primary N) is 1. The van der Waals surface area contributed by atoms with Crippen LogP contribution in [0.5, 0.6) is 0 Å².